The second-order valence-electron chi connectivity index (χ2n) is 5.45. The maximum Gasteiger partial charge on any atom is 0.410 e. The third-order valence-corrected chi connectivity index (χ3v) is 2.86. The number of rotatable bonds is 1. The summed E-state index contributed by atoms with van der Waals surface area (Å²) in [7, 11) is 0. The molecule has 2 aliphatic rings. The van der Waals surface area contributed by atoms with E-state index in [4.69, 9.17) is 4.74 Å². The van der Waals surface area contributed by atoms with Crippen LogP contribution in [0.3, 0.4) is 0 Å². The molecular weight excluding hydrogens is 206 g/mol. The van der Waals surface area contributed by atoms with Gasteiger partial charge in [-0.05, 0) is 33.6 Å². The van der Waals surface area contributed by atoms with Gasteiger partial charge in [-0.2, -0.15) is 10.2 Å². The number of nitrogens with zero attached hydrogens (tertiary/aromatic N) is 3. The molecule has 1 fully saturated rings. The molecule has 90 valence electrons. The smallest absolute Gasteiger partial charge is 0.410 e. The number of carbonyl (C=O) groups excluding carboxylic acids is 1. The Balaban J connectivity index is 1.77. The van der Waals surface area contributed by atoms with Crippen molar-refractivity contribution in [3.8, 4) is 0 Å². The number of amides is 1. The first kappa shape index (κ1) is 11.4. The molecule has 16 heavy (non-hydrogen) atoms. The Morgan fingerprint density at radius 3 is 2.25 bits per heavy atom. The molecule has 5 heteroatoms. The molecule has 5 nitrogen and oxygen atoms in total. The summed E-state index contributed by atoms with van der Waals surface area (Å²) in [5.41, 5.74) is -0.408. The van der Waals surface area contributed by atoms with E-state index < -0.39 is 5.60 Å². The highest BCUT2D eigenvalue weighted by atomic mass is 16.6. The van der Waals surface area contributed by atoms with Crippen LogP contribution in [-0.2, 0) is 4.74 Å². The van der Waals surface area contributed by atoms with Crippen LogP contribution in [0.15, 0.2) is 10.2 Å². The van der Waals surface area contributed by atoms with Crippen LogP contribution in [0.4, 0.5) is 4.79 Å². The van der Waals surface area contributed by atoms with Crippen LogP contribution >= 0.6 is 0 Å². The molecule has 1 amide bonds. The van der Waals surface area contributed by atoms with Gasteiger partial charge in [0.25, 0.3) is 0 Å². The van der Waals surface area contributed by atoms with Crippen LogP contribution in [0.1, 0.15) is 33.6 Å². The van der Waals surface area contributed by atoms with Gasteiger partial charge in [-0.3, -0.25) is 0 Å². The van der Waals surface area contributed by atoms with Crippen LogP contribution < -0.4 is 0 Å². The van der Waals surface area contributed by atoms with E-state index in [9.17, 15) is 4.79 Å². The molecule has 0 saturated carbocycles. The van der Waals surface area contributed by atoms with E-state index in [1.54, 1.807) is 4.90 Å². The number of ether oxygens (including phenoxy) is 1. The fourth-order valence-electron chi connectivity index (χ4n) is 1.93. The van der Waals surface area contributed by atoms with Crippen LogP contribution in [0, 0.1) is 5.92 Å². The van der Waals surface area contributed by atoms with Crippen molar-refractivity contribution in [2.45, 2.75) is 45.4 Å². The molecule has 0 atom stereocenters. The van der Waals surface area contributed by atoms with E-state index in [1.165, 1.54) is 0 Å². The summed E-state index contributed by atoms with van der Waals surface area (Å²) in [5, 5.41) is 7.89. The second-order valence-corrected chi connectivity index (χ2v) is 5.45. The highest BCUT2D eigenvalue weighted by Crippen LogP contribution is 2.30. The molecule has 0 aromatic rings. The van der Waals surface area contributed by atoms with Crippen molar-refractivity contribution < 1.29 is 9.53 Å². The van der Waals surface area contributed by atoms with Crippen LogP contribution in [0.2, 0.25) is 0 Å². The zero-order chi connectivity index (χ0) is 11.8. The van der Waals surface area contributed by atoms with E-state index in [-0.39, 0.29) is 12.3 Å². The van der Waals surface area contributed by atoms with Crippen molar-refractivity contribution in [2.24, 2.45) is 16.1 Å². The van der Waals surface area contributed by atoms with Gasteiger partial charge in [0.2, 0.25) is 0 Å². The van der Waals surface area contributed by atoms with Crippen LogP contribution in [0.25, 0.3) is 0 Å². The Labute approximate surface area is 95.9 Å². The zero-order valence-corrected chi connectivity index (χ0v) is 10.1. The highest BCUT2D eigenvalue weighted by Gasteiger charge is 2.34. The van der Waals surface area contributed by atoms with Crippen molar-refractivity contribution in [3.63, 3.8) is 0 Å². The maximum absolute atomic E-state index is 11.8. The lowest BCUT2D eigenvalue weighted by molar-refractivity contribution is 0.0182. The highest BCUT2D eigenvalue weighted by molar-refractivity contribution is 5.68. The molecule has 0 N–H and O–H groups in total. The largest absolute Gasteiger partial charge is 0.444 e. The van der Waals surface area contributed by atoms with Crippen molar-refractivity contribution in [3.05, 3.63) is 0 Å². The van der Waals surface area contributed by atoms with Gasteiger partial charge in [0.05, 0.1) is 0 Å². The lowest BCUT2D eigenvalue weighted by Crippen LogP contribution is -2.42. The Morgan fingerprint density at radius 1 is 1.25 bits per heavy atom. The first-order valence-electron chi connectivity index (χ1n) is 5.83. The molecule has 2 heterocycles. The maximum atomic E-state index is 11.8. The Bertz CT molecular complexity index is 295. The van der Waals surface area contributed by atoms with Crippen LogP contribution in [-0.4, -0.2) is 35.8 Å². The topological polar surface area (TPSA) is 54.3 Å². The minimum absolute atomic E-state index is 0.198. The van der Waals surface area contributed by atoms with Gasteiger partial charge in [0.15, 0.2) is 6.17 Å². The van der Waals surface area contributed by atoms with Gasteiger partial charge in [-0.15, -0.1) is 0 Å². The molecule has 2 rings (SSSR count). The van der Waals surface area contributed by atoms with Crippen molar-refractivity contribution in [1.82, 2.24) is 4.90 Å². The first-order chi connectivity index (χ1) is 7.46. The SMILES string of the molecule is CC(C)(C)OC(=O)N1CCC(C2N=N2)CC1. The number of likely N-dealkylation sites (tertiary alicyclic amines) is 1. The second kappa shape index (κ2) is 4.03. The Kier molecular flexibility index (Phi) is 2.86. The molecular formula is C11H19N3O2. The lowest BCUT2D eigenvalue weighted by atomic mass is 9.95. The van der Waals surface area contributed by atoms with E-state index in [0.29, 0.717) is 5.92 Å². The zero-order valence-electron chi connectivity index (χ0n) is 10.1. The van der Waals surface area contributed by atoms with E-state index >= 15 is 0 Å². The molecule has 0 spiro atoms. The molecule has 1 saturated heterocycles. The molecule has 0 aromatic heterocycles. The van der Waals surface area contributed by atoms with Gasteiger partial charge in [-0.1, -0.05) is 0 Å². The molecule has 0 aliphatic carbocycles. The average molecular weight is 225 g/mol. The van der Waals surface area contributed by atoms with Crippen molar-refractivity contribution in [2.75, 3.05) is 13.1 Å². The Hall–Kier alpha value is -1.13. The minimum Gasteiger partial charge on any atom is -0.444 e. The summed E-state index contributed by atoms with van der Waals surface area (Å²) in [6.45, 7) is 7.20. The van der Waals surface area contributed by atoms with Crippen LogP contribution in [0.5, 0.6) is 0 Å². The quantitative estimate of drug-likeness (QED) is 0.688. The molecule has 0 unspecified atom stereocenters. The first-order valence-corrected chi connectivity index (χ1v) is 5.83. The monoisotopic (exact) mass is 225 g/mol. The summed E-state index contributed by atoms with van der Waals surface area (Å²) in [6, 6.07) is 0. The van der Waals surface area contributed by atoms with Gasteiger partial charge in [-0.25, -0.2) is 4.79 Å². The Morgan fingerprint density at radius 2 is 1.81 bits per heavy atom. The normalized spacial score (nSPS) is 22.3. The fourth-order valence-corrected chi connectivity index (χ4v) is 1.93. The number of hydrogen-bond acceptors (Lipinski definition) is 4. The summed E-state index contributed by atoms with van der Waals surface area (Å²) in [4.78, 5) is 13.5. The minimum atomic E-state index is -0.408. The molecule has 2 aliphatic heterocycles. The summed E-state index contributed by atoms with van der Waals surface area (Å²) in [5.74, 6) is 0.540. The van der Waals surface area contributed by atoms with E-state index in [2.05, 4.69) is 10.2 Å². The summed E-state index contributed by atoms with van der Waals surface area (Å²) < 4.78 is 5.33. The van der Waals surface area contributed by atoms with Gasteiger partial charge >= 0.3 is 6.09 Å². The summed E-state index contributed by atoms with van der Waals surface area (Å²) >= 11 is 0. The van der Waals surface area contributed by atoms with E-state index in [0.717, 1.165) is 25.9 Å². The third kappa shape index (κ3) is 2.93. The number of hydrogen-bond donors (Lipinski definition) is 0. The number of piperidine rings is 1. The van der Waals surface area contributed by atoms with Gasteiger partial charge in [0, 0.05) is 19.0 Å². The van der Waals surface area contributed by atoms with Crippen molar-refractivity contribution in [1.29, 1.82) is 0 Å². The molecule has 0 aromatic carbocycles. The predicted octanol–water partition coefficient (Wildman–Crippen LogP) is 2.43. The average Bonchev–Trinajstić information content (AvgIpc) is 2.98. The fraction of sp³-hybridized carbons (Fsp3) is 0.909. The van der Waals surface area contributed by atoms with Gasteiger partial charge < -0.3 is 9.64 Å². The standard InChI is InChI=1S/C11H19N3O2/c1-11(2,3)16-10(15)14-6-4-8(5-7-14)9-12-13-9/h8-9H,4-7H2,1-3H3. The lowest BCUT2D eigenvalue weighted by Gasteiger charge is -2.32. The van der Waals surface area contributed by atoms with Crippen molar-refractivity contribution >= 4 is 6.09 Å². The van der Waals surface area contributed by atoms with E-state index in [1.807, 2.05) is 20.8 Å². The molecule has 0 radical (unpaired) electrons. The third-order valence-electron chi connectivity index (χ3n) is 2.86. The summed E-state index contributed by atoms with van der Waals surface area (Å²) in [6.07, 6.45) is 1.99. The number of carbonyl (C=O) groups is 1. The molecule has 0 bridgehead atoms. The van der Waals surface area contributed by atoms with Gasteiger partial charge in [0.1, 0.15) is 5.60 Å². The predicted molar refractivity (Wildman–Crippen MR) is 59.2 cm³/mol.